The Labute approximate surface area is 219 Å². The minimum Gasteiger partial charge on any atom is -0.542 e. The van der Waals surface area contributed by atoms with Gasteiger partial charge in [0.2, 0.25) is 5.91 Å². The Morgan fingerprint density at radius 3 is 2.06 bits per heavy atom. The maximum atomic E-state index is 12.5. The number of carbonyl (C=O) groups excluding carboxylic acids is 2. The lowest BCUT2D eigenvalue weighted by Gasteiger charge is -2.22. The molecule has 2 aromatic carbocycles. The number of fused-ring (bicyclic) bond motifs is 2. The van der Waals surface area contributed by atoms with Gasteiger partial charge in [-0.25, -0.2) is 0 Å². The fraction of sp³-hybridized carbons (Fsp3) is 0.481. The molecule has 3 unspecified atom stereocenters. The first-order chi connectivity index (χ1) is 17.0. The molecule has 2 aromatic rings. The smallest absolute Gasteiger partial charge is 0.430 e. The van der Waals surface area contributed by atoms with E-state index in [1.54, 1.807) is 0 Å². The Bertz CT molecular complexity index is 1010. The lowest BCUT2D eigenvalue weighted by Crippen LogP contribution is -2.37. The van der Waals surface area contributed by atoms with Crippen LogP contribution in [0.2, 0.25) is 10.0 Å². The van der Waals surface area contributed by atoms with Crippen molar-refractivity contribution in [3.63, 3.8) is 0 Å². The lowest BCUT2D eigenvalue weighted by molar-refractivity contribution is -0.344. The van der Waals surface area contributed by atoms with Crippen molar-refractivity contribution >= 4 is 35.1 Å². The topological polar surface area (TPSA) is 69.2 Å². The van der Waals surface area contributed by atoms with Gasteiger partial charge in [-0.05, 0) is 85.3 Å². The van der Waals surface area contributed by atoms with Gasteiger partial charge in [0.1, 0.15) is 5.97 Å². The van der Waals surface area contributed by atoms with E-state index in [1.165, 1.54) is 36.8 Å². The fourth-order valence-corrected chi connectivity index (χ4v) is 5.57. The van der Waals surface area contributed by atoms with E-state index in [4.69, 9.17) is 33.1 Å². The molecule has 0 spiro atoms. The molecule has 2 fully saturated rings. The minimum absolute atomic E-state index is 0.183. The zero-order valence-electron chi connectivity index (χ0n) is 19.7. The summed E-state index contributed by atoms with van der Waals surface area (Å²) in [5, 5.41) is 13.5. The fourth-order valence-electron chi connectivity index (χ4n) is 5.32. The summed E-state index contributed by atoms with van der Waals surface area (Å²) in [6.07, 6.45) is 2.93. The first-order valence-electron chi connectivity index (χ1n) is 12.1. The number of rotatable bonds is 8. The highest BCUT2D eigenvalue weighted by atomic mass is 35.5. The molecular weight excluding hydrogens is 514 g/mol. The van der Waals surface area contributed by atoms with Gasteiger partial charge < -0.3 is 15.2 Å². The normalized spacial score (nSPS) is 21.4. The van der Waals surface area contributed by atoms with Gasteiger partial charge in [-0.3, -0.25) is 4.79 Å². The zero-order valence-corrected chi connectivity index (χ0v) is 21.2. The van der Waals surface area contributed by atoms with Crippen LogP contribution in [0.3, 0.4) is 0 Å². The number of nitrogens with one attached hydrogen (secondary N) is 1. The molecule has 0 saturated heterocycles. The monoisotopic (exact) mass is 542 g/mol. The van der Waals surface area contributed by atoms with Crippen LogP contribution in [0.4, 0.5) is 13.2 Å². The number of hydrogen-bond acceptors (Lipinski definition) is 3. The molecule has 196 valence electrons. The predicted octanol–water partition coefficient (Wildman–Crippen LogP) is 5.95. The molecule has 4 nitrogen and oxygen atoms in total. The van der Waals surface area contributed by atoms with Crippen molar-refractivity contribution in [3.05, 3.63) is 69.7 Å². The summed E-state index contributed by atoms with van der Waals surface area (Å²) in [6.45, 7) is 0.639. The molecule has 2 aliphatic carbocycles. The molecule has 4 rings (SSSR count). The number of halogens is 5. The van der Waals surface area contributed by atoms with Crippen molar-refractivity contribution < 1.29 is 27.9 Å². The molecule has 0 heterocycles. The number of benzene rings is 2. The standard InChI is InChI=1S/C25H29Cl2NO.C2HF3O2/c26-23-8-2-17(3-9-23)13-22(19-5-10-24(27)11-6-19)16-28-25(29)12-7-21-15-18-1-4-20(21)14-18;3-2(4,5)1(6)7/h2-3,5-6,8-11,18,20-22H,1,4,7,12-16H2,(H,28,29);(H,6,7)/p-1/t18?,20?,21?,22-;/m0./s1. The van der Waals surface area contributed by atoms with Crippen LogP contribution in [0, 0.1) is 17.8 Å². The number of aliphatic carboxylic acids is 1. The van der Waals surface area contributed by atoms with Gasteiger partial charge in [-0.15, -0.1) is 0 Å². The molecule has 4 atom stereocenters. The summed E-state index contributed by atoms with van der Waals surface area (Å²) >= 11 is 12.1. The van der Waals surface area contributed by atoms with Crippen LogP contribution in [0.15, 0.2) is 48.5 Å². The van der Waals surface area contributed by atoms with Crippen LogP contribution >= 0.6 is 23.2 Å². The molecule has 9 heteroatoms. The Morgan fingerprint density at radius 2 is 1.56 bits per heavy atom. The SMILES string of the molecule is O=C(CCC1CC2CCC1C2)NC[C@H](Cc1ccc(Cl)cc1)c1ccc(Cl)cc1.O=C([O-])C(F)(F)F. The van der Waals surface area contributed by atoms with Crippen molar-refractivity contribution in [1.82, 2.24) is 5.32 Å². The second-order valence-electron chi connectivity index (χ2n) is 9.64. The van der Waals surface area contributed by atoms with E-state index >= 15 is 0 Å². The Morgan fingerprint density at radius 1 is 0.972 bits per heavy atom. The molecule has 36 heavy (non-hydrogen) atoms. The molecule has 0 radical (unpaired) electrons. The number of alkyl halides is 3. The van der Waals surface area contributed by atoms with Crippen molar-refractivity contribution in [2.75, 3.05) is 6.54 Å². The second kappa shape index (κ2) is 12.8. The van der Waals surface area contributed by atoms with Crippen LogP contribution in [-0.4, -0.2) is 24.6 Å². The first-order valence-corrected chi connectivity index (χ1v) is 12.8. The Kier molecular flexibility index (Phi) is 10.1. The van der Waals surface area contributed by atoms with E-state index in [2.05, 4.69) is 29.6 Å². The van der Waals surface area contributed by atoms with Crippen LogP contribution < -0.4 is 10.4 Å². The van der Waals surface area contributed by atoms with Crippen LogP contribution in [0.25, 0.3) is 0 Å². The molecule has 1 N–H and O–H groups in total. The second-order valence-corrected chi connectivity index (χ2v) is 10.5. The highest BCUT2D eigenvalue weighted by Gasteiger charge is 2.39. The molecule has 0 aliphatic heterocycles. The van der Waals surface area contributed by atoms with Gasteiger partial charge in [-0.2, -0.15) is 13.2 Å². The lowest BCUT2D eigenvalue weighted by atomic mass is 9.85. The maximum absolute atomic E-state index is 12.5. The Balaban J connectivity index is 0.000000454. The minimum atomic E-state index is -5.19. The van der Waals surface area contributed by atoms with Crippen LogP contribution in [0.1, 0.15) is 55.6 Å². The highest BCUT2D eigenvalue weighted by Crippen LogP contribution is 2.49. The Hall–Kier alpha value is -2.25. The number of hydrogen-bond donors (Lipinski definition) is 1. The molecule has 2 bridgehead atoms. The third-order valence-corrected chi connectivity index (χ3v) is 7.64. The number of carboxylic acids is 1. The van der Waals surface area contributed by atoms with Gasteiger partial charge in [0.15, 0.2) is 0 Å². The number of carbonyl (C=O) groups is 2. The van der Waals surface area contributed by atoms with E-state index in [-0.39, 0.29) is 11.8 Å². The predicted molar refractivity (Wildman–Crippen MR) is 132 cm³/mol. The zero-order chi connectivity index (χ0) is 26.3. The summed E-state index contributed by atoms with van der Waals surface area (Å²) in [6, 6.07) is 15.9. The van der Waals surface area contributed by atoms with Gasteiger partial charge >= 0.3 is 6.18 Å². The van der Waals surface area contributed by atoms with Crippen molar-refractivity contribution in [1.29, 1.82) is 0 Å². The van der Waals surface area contributed by atoms with Crippen molar-refractivity contribution in [2.24, 2.45) is 17.8 Å². The quantitative estimate of drug-likeness (QED) is 0.448. The molecule has 0 aromatic heterocycles. The largest absolute Gasteiger partial charge is 0.542 e. The summed E-state index contributed by atoms with van der Waals surface area (Å²) in [5.41, 5.74) is 2.41. The number of carboxylic acid groups (broad SMARTS) is 1. The summed E-state index contributed by atoms with van der Waals surface area (Å²) in [7, 11) is 0. The van der Waals surface area contributed by atoms with E-state index in [0.717, 1.165) is 40.6 Å². The third-order valence-electron chi connectivity index (χ3n) is 7.14. The summed E-state index contributed by atoms with van der Waals surface area (Å²) in [4.78, 5) is 21.3. The number of amides is 1. The van der Waals surface area contributed by atoms with Gasteiger partial charge in [0.25, 0.3) is 0 Å². The highest BCUT2D eigenvalue weighted by molar-refractivity contribution is 6.30. The summed E-state index contributed by atoms with van der Waals surface area (Å²) < 4.78 is 31.5. The third kappa shape index (κ3) is 8.70. The van der Waals surface area contributed by atoms with Crippen molar-refractivity contribution in [2.45, 2.75) is 57.0 Å². The average Bonchev–Trinajstić information content (AvgIpc) is 3.46. The maximum Gasteiger partial charge on any atom is 0.430 e. The van der Waals surface area contributed by atoms with Crippen LogP contribution in [0.5, 0.6) is 0 Å². The van der Waals surface area contributed by atoms with Gasteiger partial charge in [0, 0.05) is 28.9 Å². The van der Waals surface area contributed by atoms with Crippen LogP contribution in [-0.2, 0) is 16.0 Å². The molecular formula is C27H29Cl2F3NO3-. The molecule has 2 aliphatic rings. The average molecular weight is 543 g/mol. The van der Waals surface area contributed by atoms with Crippen molar-refractivity contribution in [3.8, 4) is 0 Å². The van der Waals surface area contributed by atoms with Gasteiger partial charge in [-0.1, -0.05) is 53.9 Å². The van der Waals surface area contributed by atoms with E-state index < -0.39 is 12.1 Å². The van der Waals surface area contributed by atoms with E-state index in [1.807, 2.05) is 24.3 Å². The van der Waals surface area contributed by atoms with E-state index in [0.29, 0.717) is 13.0 Å². The summed E-state index contributed by atoms with van der Waals surface area (Å²) in [5.74, 6) is -0.00268. The van der Waals surface area contributed by atoms with E-state index in [9.17, 15) is 18.0 Å². The molecule has 2 saturated carbocycles. The first kappa shape index (κ1) is 28.3. The molecule has 1 amide bonds. The van der Waals surface area contributed by atoms with Gasteiger partial charge in [0.05, 0.1) is 0 Å².